The van der Waals surface area contributed by atoms with Gasteiger partial charge in [0.1, 0.15) is 5.75 Å². The predicted molar refractivity (Wildman–Crippen MR) is 109 cm³/mol. The molecule has 1 atom stereocenters. The van der Waals surface area contributed by atoms with E-state index >= 15 is 0 Å². The average molecular weight is 393 g/mol. The molecule has 1 fully saturated rings. The van der Waals surface area contributed by atoms with Crippen LogP contribution in [0.2, 0.25) is 0 Å². The van der Waals surface area contributed by atoms with Crippen molar-refractivity contribution >= 4 is 28.9 Å². The molecule has 0 bridgehead atoms. The second-order valence-corrected chi connectivity index (χ2v) is 7.05. The van der Waals surface area contributed by atoms with E-state index < -0.39 is 6.10 Å². The number of amides is 1. The van der Waals surface area contributed by atoms with Crippen LogP contribution in [0.3, 0.4) is 0 Å². The molecule has 2 N–H and O–H groups in total. The highest BCUT2D eigenvalue weighted by molar-refractivity contribution is 7.80. The molecule has 3 rings (SSSR count). The Morgan fingerprint density at radius 1 is 1.22 bits per heavy atom. The SMILES string of the molecule is CCCNC(=O)[C@H]1CN(C(=S)NCCN2CCOCC2)c2ccccc2O1. The van der Waals surface area contributed by atoms with Crippen LogP contribution in [-0.2, 0) is 9.53 Å². The van der Waals surface area contributed by atoms with E-state index in [0.29, 0.717) is 24.0 Å². The van der Waals surface area contributed by atoms with Crippen LogP contribution in [0.1, 0.15) is 13.3 Å². The number of thiocarbonyl (C=S) groups is 1. The fourth-order valence-corrected chi connectivity index (χ4v) is 3.44. The van der Waals surface area contributed by atoms with Crippen LogP contribution < -0.4 is 20.3 Å². The Bertz CT molecular complexity index is 652. The molecule has 2 heterocycles. The molecule has 1 aromatic carbocycles. The predicted octanol–water partition coefficient (Wildman–Crippen LogP) is 0.987. The fourth-order valence-electron chi connectivity index (χ4n) is 3.17. The molecular weight excluding hydrogens is 364 g/mol. The van der Waals surface area contributed by atoms with Crippen molar-refractivity contribution in [1.29, 1.82) is 0 Å². The van der Waals surface area contributed by atoms with Gasteiger partial charge in [-0.2, -0.15) is 0 Å². The Labute approximate surface area is 166 Å². The van der Waals surface area contributed by atoms with Crippen LogP contribution in [0, 0.1) is 0 Å². The van der Waals surface area contributed by atoms with E-state index in [0.717, 1.165) is 51.5 Å². The van der Waals surface area contributed by atoms with Crippen LogP contribution in [0.15, 0.2) is 24.3 Å². The van der Waals surface area contributed by atoms with E-state index in [1.807, 2.05) is 36.1 Å². The minimum Gasteiger partial charge on any atom is -0.477 e. The molecule has 148 valence electrons. The van der Waals surface area contributed by atoms with Crippen LogP contribution in [0.5, 0.6) is 5.75 Å². The van der Waals surface area contributed by atoms with Crippen LogP contribution >= 0.6 is 12.2 Å². The van der Waals surface area contributed by atoms with Gasteiger partial charge in [-0.1, -0.05) is 19.1 Å². The molecule has 1 amide bonds. The van der Waals surface area contributed by atoms with Gasteiger partial charge < -0.3 is 25.0 Å². The standard InChI is InChI=1S/C19H28N4O3S/c1-2-7-20-18(24)17-14-23(15-5-3-4-6-16(15)26-17)19(27)21-8-9-22-10-12-25-13-11-22/h3-6,17H,2,7-14H2,1H3,(H,20,24)(H,21,27)/t17-/m1/s1. The summed E-state index contributed by atoms with van der Waals surface area (Å²) < 4.78 is 11.3. The molecule has 27 heavy (non-hydrogen) atoms. The zero-order valence-electron chi connectivity index (χ0n) is 15.8. The maximum atomic E-state index is 12.4. The van der Waals surface area contributed by atoms with Gasteiger partial charge in [-0.05, 0) is 30.8 Å². The number of fused-ring (bicyclic) bond motifs is 1. The molecule has 0 aliphatic carbocycles. The summed E-state index contributed by atoms with van der Waals surface area (Å²) in [5.41, 5.74) is 0.890. The first kappa shape index (κ1) is 19.9. The third-order valence-corrected chi connectivity index (χ3v) is 5.03. The van der Waals surface area contributed by atoms with Crippen LogP contribution in [0.25, 0.3) is 0 Å². The van der Waals surface area contributed by atoms with Gasteiger partial charge in [0, 0.05) is 32.7 Å². The monoisotopic (exact) mass is 392 g/mol. The highest BCUT2D eigenvalue weighted by atomic mass is 32.1. The fraction of sp³-hybridized carbons (Fsp3) is 0.579. The van der Waals surface area contributed by atoms with E-state index in [9.17, 15) is 4.79 Å². The van der Waals surface area contributed by atoms with Crippen molar-refractivity contribution in [2.75, 3.05) is 57.4 Å². The Hall–Kier alpha value is -1.90. The van der Waals surface area contributed by atoms with Crippen molar-refractivity contribution in [3.63, 3.8) is 0 Å². The molecule has 0 spiro atoms. The van der Waals surface area contributed by atoms with E-state index in [1.54, 1.807) is 0 Å². The Kier molecular flexibility index (Phi) is 7.25. The number of anilines is 1. The number of benzene rings is 1. The van der Waals surface area contributed by atoms with E-state index in [1.165, 1.54) is 0 Å². The second-order valence-electron chi connectivity index (χ2n) is 6.66. The van der Waals surface area contributed by atoms with E-state index in [2.05, 4.69) is 15.5 Å². The topological polar surface area (TPSA) is 66.1 Å². The number of morpholine rings is 1. The van der Waals surface area contributed by atoms with Crippen LogP contribution in [-0.4, -0.2) is 74.5 Å². The molecule has 2 aliphatic heterocycles. The first-order valence-electron chi connectivity index (χ1n) is 9.58. The lowest BCUT2D eigenvalue weighted by atomic mass is 10.2. The molecular formula is C19H28N4O3S. The Morgan fingerprint density at radius 3 is 2.78 bits per heavy atom. The molecule has 8 heteroatoms. The van der Waals surface area contributed by atoms with Gasteiger partial charge in [-0.3, -0.25) is 9.69 Å². The van der Waals surface area contributed by atoms with Gasteiger partial charge in [-0.25, -0.2) is 0 Å². The molecule has 0 unspecified atom stereocenters. The molecule has 0 radical (unpaired) electrons. The number of nitrogens with one attached hydrogen (secondary N) is 2. The van der Waals surface area contributed by atoms with Crippen molar-refractivity contribution in [3.05, 3.63) is 24.3 Å². The van der Waals surface area contributed by atoms with E-state index in [4.69, 9.17) is 21.7 Å². The number of nitrogens with zero attached hydrogens (tertiary/aromatic N) is 2. The summed E-state index contributed by atoms with van der Waals surface area (Å²) in [6.07, 6.45) is 0.311. The Balaban J connectivity index is 1.61. The summed E-state index contributed by atoms with van der Waals surface area (Å²) in [4.78, 5) is 16.7. The van der Waals surface area contributed by atoms with Gasteiger partial charge in [0.05, 0.1) is 25.4 Å². The van der Waals surface area contributed by atoms with Gasteiger partial charge >= 0.3 is 0 Å². The van der Waals surface area contributed by atoms with Gasteiger partial charge in [0.15, 0.2) is 11.2 Å². The Morgan fingerprint density at radius 2 is 2.00 bits per heavy atom. The first-order chi connectivity index (χ1) is 13.2. The summed E-state index contributed by atoms with van der Waals surface area (Å²) in [7, 11) is 0. The highest BCUT2D eigenvalue weighted by Gasteiger charge is 2.32. The number of ether oxygens (including phenoxy) is 2. The third-order valence-electron chi connectivity index (χ3n) is 4.67. The van der Waals surface area contributed by atoms with Crippen LogP contribution in [0.4, 0.5) is 5.69 Å². The normalized spacial score (nSPS) is 19.7. The summed E-state index contributed by atoms with van der Waals surface area (Å²) in [6, 6.07) is 7.69. The number of carbonyl (C=O) groups is 1. The number of rotatable bonds is 6. The summed E-state index contributed by atoms with van der Waals surface area (Å²) >= 11 is 5.63. The van der Waals surface area contributed by atoms with Gasteiger partial charge in [0.25, 0.3) is 5.91 Å². The van der Waals surface area contributed by atoms with Crippen molar-refractivity contribution in [2.45, 2.75) is 19.4 Å². The lowest BCUT2D eigenvalue weighted by Crippen LogP contribution is -2.53. The summed E-state index contributed by atoms with van der Waals surface area (Å²) in [6.45, 7) is 8.21. The largest absolute Gasteiger partial charge is 0.477 e. The molecule has 0 saturated carbocycles. The smallest absolute Gasteiger partial charge is 0.262 e. The van der Waals surface area contributed by atoms with Crippen molar-refractivity contribution in [3.8, 4) is 5.75 Å². The number of hydrogen-bond acceptors (Lipinski definition) is 5. The summed E-state index contributed by atoms with van der Waals surface area (Å²) in [5, 5.41) is 6.85. The highest BCUT2D eigenvalue weighted by Crippen LogP contribution is 2.33. The zero-order valence-corrected chi connectivity index (χ0v) is 16.6. The average Bonchev–Trinajstić information content (AvgIpc) is 2.71. The maximum absolute atomic E-state index is 12.4. The zero-order chi connectivity index (χ0) is 19.1. The quantitative estimate of drug-likeness (QED) is 0.700. The van der Waals surface area contributed by atoms with Crippen molar-refractivity contribution in [2.24, 2.45) is 0 Å². The first-order valence-corrected chi connectivity index (χ1v) is 9.98. The van der Waals surface area contributed by atoms with Gasteiger partial charge in [-0.15, -0.1) is 0 Å². The minimum absolute atomic E-state index is 0.104. The second kappa shape index (κ2) is 9.87. The molecule has 2 aliphatic rings. The number of hydrogen-bond donors (Lipinski definition) is 2. The van der Waals surface area contributed by atoms with Gasteiger partial charge in [0.2, 0.25) is 0 Å². The summed E-state index contributed by atoms with van der Waals surface area (Å²) in [5.74, 6) is 0.574. The van der Waals surface area contributed by atoms with E-state index in [-0.39, 0.29) is 5.91 Å². The molecule has 7 nitrogen and oxygen atoms in total. The lowest BCUT2D eigenvalue weighted by molar-refractivity contribution is -0.127. The molecule has 1 aromatic rings. The number of para-hydroxylation sites is 2. The minimum atomic E-state index is -0.578. The van der Waals surface area contributed by atoms with Crippen molar-refractivity contribution in [1.82, 2.24) is 15.5 Å². The molecule has 1 saturated heterocycles. The lowest BCUT2D eigenvalue weighted by Gasteiger charge is -2.36. The maximum Gasteiger partial charge on any atom is 0.262 e. The van der Waals surface area contributed by atoms with Crippen molar-refractivity contribution < 1.29 is 14.3 Å². The number of carbonyl (C=O) groups excluding carboxylic acids is 1. The third kappa shape index (κ3) is 5.31. The molecule has 0 aromatic heterocycles.